The third kappa shape index (κ3) is 3.85. The van der Waals surface area contributed by atoms with Gasteiger partial charge in [0, 0.05) is 17.9 Å². The van der Waals surface area contributed by atoms with E-state index in [4.69, 9.17) is 10.5 Å². The summed E-state index contributed by atoms with van der Waals surface area (Å²) in [6.45, 7) is 2.98. The summed E-state index contributed by atoms with van der Waals surface area (Å²) in [6.07, 6.45) is 3.60. The molecule has 0 radical (unpaired) electrons. The molecule has 7 heteroatoms. The van der Waals surface area contributed by atoms with Gasteiger partial charge in [-0.2, -0.15) is 0 Å². The standard InChI is InChI=1S/C22H23N5O2/c1-2-29-22(28)16-9-11-17(12-10-16)26-20-19(23)21(25-14-24-20)27-13-5-7-15-6-3-4-8-18(15)27/h3-4,6,8-12,14H,2,5,7,13,23H2,1H3,(H,24,25,26). The molecule has 1 aliphatic heterocycles. The summed E-state index contributed by atoms with van der Waals surface area (Å²) in [6, 6.07) is 15.3. The Hall–Kier alpha value is -3.61. The lowest BCUT2D eigenvalue weighted by Gasteiger charge is -2.31. The van der Waals surface area contributed by atoms with Crippen LogP contribution in [-0.2, 0) is 11.2 Å². The molecule has 1 aromatic heterocycles. The van der Waals surface area contributed by atoms with Crippen molar-refractivity contribution in [2.24, 2.45) is 0 Å². The Labute approximate surface area is 169 Å². The summed E-state index contributed by atoms with van der Waals surface area (Å²) in [5.74, 6) is 0.881. The third-order valence-corrected chi connectivity index (χ3v) is 4.89. The van der Waals surface area contributed by atoms with Gasteiger partial charge in [0.1, 0.15) is 12.0 Å². The van der Waals surface area contributed by atoms with Crippen molar-refractivity contribution in [3.8, 4) is 0 Å². The van der Waals surface area contributed by atoms with Crippen molar-refractivity contribution >= 4 is 34.7 Å². The minimum absolute atomic E-state index is 0.341. The zero-order valence-corrected chi connectivity index (χ0v) is 16.3. The van der Waals surface area contributed by atoms with Crippen LogP contribution in [0.5, 0.6) is 0 Å². The van der Waals surface area contributed by atoms with E-state index in [9.17, 15) is 4.79 Å². The van der Waals surface area contributed by atoms with Gasteiger partial charge in [-0.15, -0.1) is 0 Å². The first-order chi connectivity index (χ1) is 14.2. The number of anilines is 5. The number of para-hydroxylation sites is 1. The van der Waals surface area contributed by atoms with E-state index in [1.165, 1.54) is 11.9 Å². The highest BCUT2D eigenvalue weighted by atomic mass is 16.5. The quantitative estimate of drug-likeness (QED) is 0.636. The van der Waals surface area contributed by atoms with Gasteiger partial charge in [-0.1, -0.05) is 18.2 Å². The summed E-state index contributed by atoms with van der Waals surface area (Å²) in [5, 5.41) is 3.22. The van der Waals surface area contributed by atoms with Crippen LogP contribution in [0.2, 0.25) is 0 Å². The van der Waals surface area contributed by atoms with Gasteiger partial charge in [-0.3, -0.25) is 0 Å². The Morgan fingerprint density at radius 3 is 2.76 bits per heavy atom. The second-order valence-electron chi connectivity index (χ2n) is 6.77. The first kappa shape index (κ1) is 18.7. The summed E-state index contributed by atoms with van der Waals surface area (Å²) < 4.78 is 5.01. The second-order valence-corrected chi connectivity index (χ2v) is 6.77. The molecule has 0 saturated heterocycles. The normalized spacial score (nSPS) is 12.9. The number of rotatable bonds is 5. The topological polar surface area (TPSA) is 93.4 Å². The summed E-state index contributed by atoms with van der Waals surface area (Å²) >= 11 is 0. The SMILES string of the molecule is CCOC(=O)c1ccc(Nc2ncnc(N3CCCc4ccccc43)c2N)cc1. The molecule has 0 atom stereocenters. The number of carbonyl (C=O) groups is 1. The number of nitrogens with two attached hydrogens (primary N) is 1. The van der Waals surface area contributed by atoms with E-state index in [-0.39, 0.29) is 5.97 Å². The Bertz CT molecular complexity index is 1020. The van der Waals surface area contributed by atoms with Crippen LogP contribution in [0.25, 0.3) is 0 Å². The van der Waals surface area contributed by atoms with Crippen LogP contribution in [0.15, 0.2) is 54.9 Å². The number of hydrogen-bond acceptors (Lipinski definition) is 7. The first-order valence-electron chi connectivity index (χ1n) is 9.67. The number of hydrogen-bond donors (Lipinski definition) is 2. The van der Waals surface area contributed by atoms with Gasteiger partial charge >= 0.3 is 5.97 Å². The van der Waals surface area contributed by atoms with E-state index < -0.39 is 0 Å². The van der Waals surface area contributed by atoms with Crippen LogP contribution < -0.4 is 16.0 Å². The van der Waals surface area contributed by atoms with Crippen LogP contribution in [0.3, 0.4) is 0 Å². The monoisotopic (exact) mass is 389 g/mol. The lowest BCUT2D eigenvalue weighted by atomic mass is 10.0. The van der Waals surface area contributed by atoms with Crippen molar-refractivity contribution in [1.29, 1.82) is 0 Å². The van der Waals surface area contributed by atoms with Gasteiger partial charge in [-0.25, -0.2) is 14.8 Å². The number of esters is 1. The predicted molar refractivity (Wildman–Crippen MR) is 114 cm³/mol. The maximum absolute atomic E-state index is 11.8. The van der Waals surface area contributed by atoms with Crippen molar-refractivity contribution in [3.05, 3.63) is 66.0 Å². The van der Waals surface area contributed by atoms with Gasteiger partial charge < -0.3 is 20.7 Å². The first-order valence-corrected chi connectivity index (χ1v) is 9.67. The predicted octanol–water partition coefficient (Wildman–Crippen LogP) is 4.06. The second kappa shape index (κ2) is 8.18. The summed E-state index contributed by atoms with van der Waals surface area (Å²) in [7, 11) is 0. The van der Waals surface area contributed by atoms with E-state index in [1.807, 2.05) is 6.07 Å². The molecule has 0 unspecified atom stereocenters. The maximum atomic E-state index is 11.8. The molecule has 0 aliphatic carbocycles. The molecular weight excluding hydrogens is 366 g/mol. The van der Waals surface area contributed by atoms with Gasteiger partial charge in [-0.05, 0) is 55.7 Å². The number of ether oxygens (including phenoxy) is 1. The Kier molecular flexibility index (Phi) is 5.29. The number of benzene rings is 2. The minimum Gasteiger partial charge on any atom is -0.462 e. The number of nitrogens with zero attached hydrogens (tertiary/aromatic N) is 3. The zero-order valence-electron chi connectivity index (χ0n) is 16.3. The fourth-order valence-electron chi connectivity index (χ4n) is 3.50. The number of aryl methyl sites for hydroxylation is 1. The van der Waals surface area contributed by atoms with Crippen LogP contribution in [0, 0.1) is 0 Å². The van der Waals surface area contributed by atoms with Crippen molar-refractivity contribution < 1.29 is 9.53 Å². The van der Waals surface area contributed by atoms with E-state index in [1.54, 1.807) is 31.2 Å². The van der Waals surface area contributed by atoms with E-state index in [2.05, 4.69) is 38.4 Å². The van der Waals surface area contributed by atoms with Gasteiger partial charge in [0.05, 0.1) is 12.2 Å². The summed E-state index contributed by atoms with van der Waals surface area (Å²) in [4.78, 5) is 22.7. The molecule has 2 heterocycles. The molecule has 0 fully saturated rings. The zero-order chi connectivity index (χ0) is 20.2. The fourth-order valence-corrected chi connectivity index (χ4v) is 3.50. The average molecular weight is 389 g/mol. The van der Waals surface area contributed by atoms with Gasteiger partial charge in [0.15, 0.2) is 11.6 Å². The number of nitrogen functional groups attached to an aromatic ring is 1. The third-order valence-electron chi connectivity index (χ3n) is 4.89. The highest BCUT2D eigenvalue weighted by Crippen LogP contribution is 2.37. The van der Waals surface area contributed by atoms with Crippen molar-refractivity contribution in [1.82, 2.24) is 9.97 Å². The van der Waals surface area contributed by atoms with Crippen molar-refractivity contribution in [2.45, 2.75) is 19.8 Å². The highest BCUT2D eigenvalue weighted by Gasteiger charge is 2.22. The molecule has 4 rings (SSSR count). The molecule has 3 aromatic rings. The fraction of sp³-hybridized carbons (Fsp3) is 0.227. The Morgan fingerprint density at radius 1 is 1.17 bits per heavy atom. The van der Waals surface area contributed by atoms with Crippen molar-refractivity contribution in [3.63, 3.8) is 0 Å². The maximum Gasteiger partial charge on any atom is 0.338 e. The molecule has 1 aliphatic rings. The molecular formula is C22H23N5O2. The van der Waals surface area contributed by atoms with Crippen LogP contribution >= 0.6 is 0 Å². The number of carbonyl (C=O) groups excluding carboxylic acids is 1. The van der Waals surface area contributed by atoms with E-state index >= 15 is 0 Å². The smallest absolute Gasteiger partial charge is 0.338 e. The number of nitrogens with one attached hydrogen (secondary N) is 1. The molecule has 3 N–H and O–H groups in total. The molecule has 0 spiro atoms. The molecule has 7 nitrogen and oxygen atoms in total. The van der Waals surface area contributed by atoms with Gasteiger partial charge in [0.25, 0.3) is 0 Å². The Morgan fingerprint density at radius 2 is 1.97 bits per heavy atom. The Balaban J connectivity index is 1.59. The van der Waals surface area contributed by atoms with Crippen LogP contribution in [0.4, 0.5) is 28.7 Å². The van der Waals surface area contributed by atoms with Crippen LogP contribution in [-0.4, -0.2) is 29.1 Å². The minimum atomic E-state index is -0.341. The molecule has 148 valence electrons. The largest absolute Gasteiger partial charge is 0.462 e. The molecule has 0 bridgehead atoms. The average Bonchev–Trinajstić information content (AvgIpc) is 2.76. The molecule has 0 amide bonds. The van der Waals surface area contributed by atoms with E-state index in [0.717, 1.165) is 30.8 Å². The summed E-state index contributed by atoms with van der Waals surface area (Å²) in [5.41, 5.74) is 10.6. The molecule has 29 heavy (non-hydrogen) atoms. The number of fused-ring (bicyclic) bond motifs is 1. The molecule has 0 saturated carbocycles. The lowest BCUT2D eigenvalue weighted by Crippen LogP contribution is -2.26. The van der Waals surface area contributed by atoms with E-state index in [0.29, 0.717) is 29.5 Å². The lowest BCUT2D eigenvalue weighted by molar-refractivity contribution is 0.0526. The van der Waals surface area contributed by atoms with Crippen molar-refractivity contribution in [2.75, 3.05) is 29.1 Å². The van der Waals surface area contributed by atoms with Crippen LogP contribution in [0.1, 0.15) is 29.3 Å². The van der Waals surface area contributed by atoms with Gasteiger partial charge in [0.2, 0.25) is 0 Å². The molecule has 2 aromatic carbocycles. The number of aromatic nitrogens is 2. The highest BCUT2D eigenvalue weighted by molar-refractivity contribution is 5.90.